The number of carbonyl (C=O) groups excluding carboxylic acids is 1. The van der Waals surface area contributed by atoms with Gasteiger partial charge in [0.05, 0.1) is 0 Å². The van der Waals surface area contributed by atoms with E-state index in [9.17, 15) is 4.79 Å². The first-order valence-corrected chi connectivity index (χ1v) is 8.29. The number of hydrogen-bond acceptors (Lipinski definition) is 3. The zero-order chi connectivity index (χ0) is 16.4. The van der Waals surface area contributed by atoms with Crippen molar-refractivity contribution in [1.82, 2.24) is 9.96 Å². The molecule has 0 aromatic heterocycles. The highest BCUT2D eigenvalue weighted by Gasteiger charge is 2.38. The van der Waals surface area contributed by atoms with Gasteiger partial charge in [-0.25, -0.2) is 5.06 Å². The van der Waals surface area contributed by atoms with Gasteiger partial charge in [0.15, 0.2) is 0 Å². The van der Waals surface area contributed by atoms with E-state index in [0.717, 1.165) is 13.0 Å². The Balaban J connectivity index is 1.51. The molecular weight excluding hydrogens is 300 g/mol. The second-order valence-corrected chi connectivity index (χ2v) is 6.22. The van der Waals surface area contributed by atoms with Gasteiger partial charge in [0.25, 0.3) is 5.91 Å². The highest BCUT2D eigenvalue weighted by Crippen LogP contribution is 2.26. The number of hydroxylamine groups is 2. The van der Waals surface area contributed by atoms with Crippen LogP contribution in [0.1, 0.15) is 15.9 Å². The molecule has 1 amide bonds. The van der Waals surface area contributed by atoms with Gasteiger partial charge in [0.1, 0.15) is 12.8 Å². The number of hydrogen-bond donors (Lipinski definition) is 0. The van der Waals surface area contributed by atoms with Crippen molar-refractivity contribution in [3.8, 4) is 0 Å². The zero-order valence-electron chi connectivity index (χ0n) is 13.4. The van der Waals surface area contributed by atoms with Gasteiger partial charge in [-0.15, -0.1) is 0 Å². The molecule has 0 spiro atoms. The molecular formula is C20H20N2O2. The average molecular weight is 320 g/mol. The Morgan fingerprint density at radius 1 is 1.04 bits per heavy atom. The van der Waals surface area contributed by atoms with E-state index in [-0.39, 0.29) is 18.1 Å². The van der Waals surface area contributed by atoms with Crippen LogP contribution in [0.15, 0.2) is 72.8 Å². The standard InChI is InChI=1S/C20H20N2O2/c23-20(17-10-5-2-6-11-17)22-15-21-13-7-12-19(24-22)18(21)14-16-8-3-1-4-9-16/h1-12,18-19H,13-15H2. The minimum absolute atomic E-state index is 0.0842. The number of rotatable bonds is 3. The van der Waals surface area contributed by atoms with E-state index in [1.54, 1.807) is 0 Å². The number of amides is 1. The van der Waals surface area contributed by atoms with Crippen molar-refractivity contribution < 1.29 is 9.63 Å². The Bertz CT molecular complexity index is 730. The molecule has 1 fully saturated rings. The minimum atomic E-state index is -0.0969. The number of nitrogens with zero attached hydrogens (tertiary/aromatic N) is 2. The highest BCUT2D eigenvalue weighted by molar-refractivity contribution is 5.93. The fourth-order valence-corrected chi connectivity index (χ4v) is 3.35. The van der Waals surface area contributed by atoms with Crippen LogP contribution in [0.4, 0.5) is 0 Å². The molecule has 2 aliphatic rings. The number of benzene rings is 2. The molecule has 122 valence electrons. The third kappa shape index (κ3) is 2.98. The largest absolute Gasteiger partial charge is 0.278 e. The molecule has 3 atom stereocenters. The molecule has 24 heavy (non-hydrogen) atoms. The first-order valence-electron chi connectivity index (χ1n) is 8.29. The lowest BCUT2D eigenvalue weighted by Gasteiger charge is -2.46. The zero-order valence-corrected chi connectivity index (χ0v) is 13.4. The molecule has 0 N–H and O–H groups in total. The summed E-state index contributed by atoms with van der Waals surface area (Å²) in [6.07, 6.45) is 5.02. The summed E-state index contributed by atoms with van der Waals surface area (Å²) in [6.45, 7) is 1.34. The highest BCUT2D eigenvalue weighted by atomic mass is 16.7. The Kier molecular flexibility index (Phi) is 4.15. The van der Waals surface area contributed by atoms with Crippen LogP contribution in [0.2, 0.25) is 0 Å². The topological polar surface area (TPSA) is 32.8 Å². The maximum absolute atomic E-state index is 12.6. The average Bonchev–Trinajstić information content (AvgIpc) is 2.62. The summed E-state index contributed by atoms with van der Waals surface area (Å²) in [7, 11) is 0. The van der Waals surface area contributed by atoms with E-state index in [4.69, 9.17) is 4.84 Å². The van der Waals surface area contributed by atoms with Crippen LogP contribution in [-0.2, 0) is 11.3 Å². The summed E-state index contributed by atoms with van der Waals surface area (Å²) >= 11 is 0. The van der Waals surface area contributed by atoms with Gasteiger partial charge in [-0.05, 0) is 24.1 Å². The fourth-order valence-electron chi connectivity index (χ4n) is 3.35. The summed E-state index contributed by atoms with van der Waals surface area (Å²) in [6, 6.07) is 20.0. The summed E-state index contributed by atoms with van der Waals surface area (Å²) in [4.78, 5) is 21.0. The van der Waals surface area contributed by atoms with E-state index >= 15 is 0 Å². The van der Waals surface area contributed by atoms with Crippen LogP contribution in [-0.4, -0.2) is 41.2 Å². The molecule has 2 aromatic rings. The molecule has 0 radical (unpaired) electrons. The van der Waals surface area contributed by atoms with Gasteiger partial charge in [0, 0.05) is 18.2 Å². The van der Waals surface area contributed by atoms with Gasteiger partial charge in [-0.1, -0.05) is 60.7 Å². The van der Waals surface area contributed by atoms with Crippen LogP contribution >= 0.6 is 0 Å². The second-order valence-electron chi connectivity index (χ2n) is 6.22. The molecule has 2 bridgehead atoms. The first kappa shape index (κ1) is 15.1. The molecule has 2 aliphatic heterocycles. The lowest BCUT2D eigenvalue weighted by Crippen LogP contribution is -2.60. The summed E-state index contributed by atoms with van der Waals surface area (Å²) in [5.74, 6) is -0.0842. The second kappa shape index (κ2) is 6.59. The molecule has 0 saturated carbocycles. The third-order valence-corrected chi connectivity index (χ3v) is 4.61. The smallest absolute Gasteiger partial charge is 0.274 e. The van der Waals surface area contributed by atoms with Crippen LogP contribution in [0.25, 0.3) is 0 Å². The lowest BCUT2D eigenvalue weighted by molar-refractivity contribution is -0.230. The SMILES string of the molecule is O=C(c1ccccc1)N1CN2CC=CC(O1)C2Cc1ccccc1. The van der Waals surface area contributed by atoms with Gasteiger partial charge in [0.2, 0.25) is 0 Å². The molecule has 2 heterocycles. The minimum Gasteiger partial charge on any atom is -0.274 e. The van der Waals surface area contributed by atoms with Crippen molar-refractivity contribution >= 4 is 5.91 Å². The molecule has 4 nitrogen and oxygen atoms in total. The van der Waals surface area contributed by atoms with Crippen LogP contribution in [0.3, 0.4) is 0 Å². The van der Waals surface area contributed by atoms with Crippen LogP contribution in [0.5, 0.6) is 0 Å². The van der Waals surface area contributed by atoms with Crippen molar-refractivity contribution in [2.45, 2.75) is 18.6 Å². The van der Waals surface area contributed by atoms with Crippen LogP contribution in [0, 0.1) is 0 Å². The van der Waals surface area contributed by atoms with E-state index in [2.05, 4.69) is 41.3 Å². The monoisotopic (exact) mass is 320 g/mol. The van der Waals surface area contributed by atoms with E-state index in [1.165, 1.54) is 10.6 Å². The van der Waals surface area contributed by atoms with Gasteiger partial charge in [-0.3, -0.25) is 14.5 Å². The van der Waals surface area contributed by atoms with Crippen molar-refractivity contribution in [2.75, 3.05) is 13.2 Å². The summed E-state index contributed by atoms with van der Waals surface area (Å²) < 4.78 is 0. The van der Waals surface area contributed by atoms with Crippen molar-refractivity contribution in [1.29, 1.82) is 0 Å². The first-order chi connectivity index (χ1) is 11.8. The maximum Gasteiger partial charge on any atom is 0.278 e. The van der Waals surface area contributed by atoms with E-state index in [1.807, 2.05) is 36.4 Å². The van der Waals surface area contributed by atoms with E-state index in [0.29, 0.717) is 12.2 Å². The third-order valence-electron chi connectivity index (χ3n) is 4.61. The molecule has 2 aromatic carbocycles. The van der Waals surface area contributed by atoms with Gasteiger partial charge < -0.3 is 0 Å². The number of carbonyl (C=O) groups is 1. The Hall–Kier alpha value is -2.43. The van der Waals surface area contributed by atoms with Crippen molar-refractivity contribution in [3.63, 3.8) is 0 Å². The Morgan fingerprint density at radius 3 is 2.46 bits per heavy atom. The predicted molar refractivity (Wildman–Crippen MR) is 92.1 cm³/mol. The van der Waals surface area contributed by atoms with Crippen LogP contribution < -0.4 is 0 Å². The fraction of sp³-hybridized carbons (Fsp3) is 0.250. The quantitative estimate of drug-likeness (QED) is 0.815. The summed E-state index contributed by atoms with van der Waals surface area (Å²) in [5.41, 5.74) is 1.95. The molecule has 4 heteroatoms. The van der Waals surface area contributed by atoms with Gasteiger partial charge in [-0.2, -0.15) is 0 Å². The molecule has 4 rings (SSSR count). The Morgan fingerprint density at radius 2 is 1.75 bits per heavy atom. The lowest BCUT2D eigenvalue weighted by atomic mass is 9.96. The normalized spacial score (nSPS) is 25.5. The molecule has 3 unspecified atom stereocenters. The predicted octanol–water partition coefficient (Wildman–Crippen LogP) is 2.88. The van der Waals surface area contributed by atoms with Crippen molar-refractivity contribution in [3.05, 3.63) is 83.9 Å². The summed E-state index contributed by atoms with van der Waals surface area (Å²) in [5, 5.41) is 1.49. The van der Waals surface area contributed by atoms with Crippen molar-refractivity contribution in [2.24, 2.45) is 0 Å². The van der Waals surface area contributed by atoms with E-state index < -0.39 is 0 Å². The Labute approximate surface area is 141 Å². The molecule has 0 aliphatic carbocycles. The molecule has 1 saturated heterocycles. The maximum atomic E-state index is 12.6. The van der Waals surface area contributed by atoms with Gasteiger partial charge >= 0.3 is 0 Å². The number of fused-ring (bicyclic) bond motifs is 2.